The fourth-order valence-corrected chi connectivity index (χ4v) is 5.12. The van der Waals surface area contributed by atoms with Crippen LogP contribution in [0.25, 0.3) is 0 Å². The number of likely N-dealkylation sites (N-methyl/N-ethyl adjacent to an activating group) is 1. The highest BCUT2D eigenvalue weighted by Crippen LogP contribution is 2.39. The number of pyridine rings is 1. The minimum Gasteiger partial charge on any atom is -0.497 e. The summed E-state index contributed by atoms with van der Waals surface area (Å²) in [6.07, 6.45) is -1.63. The molecular formula is C28H36ClF3N4O3. The third-order valence-corrected chi connectivity index (χ3v) is 7.70. The lowest BCUT2D eigenvalue weighted by atomic mass is 9.76. The van der Waals surface area contributed by atoms with E-state index in [-0.39, 0.29) is 34.3 Å². The van der Waals surface area contributed by atoms with Crippen molar-refractivity contribution < 1.29 is 27.5 Å². The Kier molecular flexibility index (Phi) is 9.74. The first kappa shape index (κ1) is 30.5. The van der Waals surface area contributed by atoms with Crippen LogP contribution in [0.15, 0.2) is 36.4 Å². The van der Waals surface area contributed by atoms with Crippen LogP contribution in [0.2, 0.25) is 5.15 Å². The largest absolute Gasteiger partial charge is 0.497 e. The number of carbonyl (C=O) groups excluding carboxylic acids is 2. The molecule has 39 heavy (non-hydrogen) atoms. The molecule has 1 aromatic heterocycles. The number of aromatic nitrogens is 1. The first-order valence-electron chi connectivity index (χ1n) is 12.8. The summed E-state index contributed by atoms with van der Waals surface area (Å²) in [4.78, 5) is 34.3. The lowest BCUT2D eigenvalue weighted by Gasteiger charge is -2.40. The number of amides is 2. The molecule has 1 fully saturated rings. The highest BCUT2D eigenvalue weighted by atomic mass is 35.5. The minimum atomic E-state index is -4.72. The Morgan fingerprint density at radius 3 is 2.38 bits per heavy atom. The SMILES string of the molecule is COc1cccc(C(C(=O)N(C)CCCC2(C)CCN(c3ccc(C(=O)N(C)C)c(Cl)n3)CC2)C(F)(F)F)c1. The summed E-state index contributed by atoms with van der Waals surface area (Å²) in [6, 6.07) is 9.04. The van der Waals surface area contributed by atoms with Crippen molar-refractivity contribution in [3.8, 4) is 5.75 Å². The van der Waals surface area contributed by atoms with Crippen LogP contribution >= 0.6 is 11.6 Å². The minimum absolute atomic E-state index is 0.0127. The number of rotatable bonds is 9. The Balaban J connectivity index is 1.56. The first-order valence-corrected chi connectivity index (χ1v) is 13.2. The van der Waals surface area contributed by atoms with Gasteiger partial charge in [-0.15, -0.1) is 0 Å². The van der Waals surface area contributed by atoms with E-state index in [9.17, 15) is 22.8 Å². The molecule has 2 aromatic rings. The molecule has 1 unspecified atom stereocenters. The fraction of sp³-hybridized carbons (Fsp3) is 0.536. The number of ether oxygens (including phenoxy) is 1. The van der Waals surface area contributed by atoms with Crippen molar-refractivity contribution in [1.82, 2.24) is 14.8 Å². The molecule has 1 atom stereocenters. The number of anilines is 1. The van der Waals surface area contributed by atoms with Crippen molar-refractivity contribution in [3.63, 3.8) is 0 Å². The molecule has 1 aliphatic heterocycles. The highest BCUT2D eigenvalue weighted by molar-refractivity contribution is 6.32. The number of alkyl halides is 3. The van der Waals surface area contributed by atoms with Gasteiger partial charge in [0.2, 0.25) is 5.91 Å². The molecule has 0 bridgehead atoms. The van der Waals surface area contributed by atoms with E-state index in [1.54, 1.807) is 32.3 Å². The van der Waals surface area contributed by atoms with Crippen LogP contribution < -0.4 is 9.64 Å². The zero-order valence-electron chi connectivity index (χ0n) is 23.0. The molecule has 214 valence electrons. The molecule has 1 aliphatic rings. The monoisotopic (exact) mass is 568 g/mol. The molecule has 1 saturated heterocycles. The van der Waals surface area contributed by atoms with Gasteiger partial charge in [-0.05, 0) is 60.9 Å². The third kappa shape index (κ3) is 7.56. The van der Waals surface area contributed by atoms with Crippen LogP contribution in [0.1, 0.15) is 54.4 Å². The van der Waals surface area contributed by atoms with E-state index in [1.807, 2.05) is 0 Å². The van der Waals surface area contributed by atoms with Crippen LogP contribution in [0.5, 0.6) is 5.75 Å². The first-order chi connectivity index (χ1) is 18.3. The van der Waals surface area contributed by atoms with Crippen molar-refractivity contribution in [1.29, 1.82) is 0 Å². The summed E-state index contributed by atoms with van der Waals surface area (Å²) in [6.45, 7) is 3.87. The van der Waals surface area contributed by atoms with Gasteiger partial charge in [-0.25, -0.2) is 4.98 Å². The highest BCUT2D eigenvalue weighted by Gasteiger charge is 2.47. The second kappa shape index (κ2) is 12.4. The van der Waals surface area contributed by atoms with Crippen molar-refractivity contribution in [2.45, 2.75) is 44.7 Å². The van der Waals surface area contributed by atoms with Gasteiger partial charge in [0, 0.05) is 40.8 Å². The van der Waals surface area contributed by atoms with Crippen LogP contribution in [-0.4, -0.2) is 80.7 Å². The number of benzene rings is 1. The Morgan fingerprint density at radius 2 is 1.82 bits per heavy atom. The van der Waals surface area contributed by atoms with Gasteiger partial charge in [0.1, 0.15) is 16.7 Å². The number of methoxy groups -OCH3 is 1. The maximum absolute atomic E-state index is 13.9. The Bertz CT molecular complexity index is 1170. The van der Waals surface area contributed by atoms with Crippen molar-refractivity contribution in [3.05, 3.63) is 52.7 Å². The van der Waals surface area contributed by atoms with Crippen molar-refractivity contribution in [2.24, 2.45) is 5.41 Å². The second-order valence-electron chi connectivity index (χ2n) is 10.6. The summed E-state index contributed by atoms with van der Waals surface area (Å²) in [5.41, 5.74) is 0.206. The quantitative estimate of drug-likeness (QED) is 0.367. The lowest BCUT2D eigenvalue weighted by Crippen LogP contribution is -2.41. The van der Waals surface area contributed by atoms with E-state index >= 15 is 0 Å². The van der Waals surface area contributed by atoms with Gasteiger partial charge in [0.15, 0.2) is 5.92 Å². The van der Waals surface area contributed by atoms with Gasteiger partial charge >= 0.3 is 6.18 Å². The molecule has 0 saturated carbocycles. The van der Waals surface area contributed by atoms with Crippen molar-refractivity contribution in [2.75, 3.05) is 52.8 Å². The molecule has 0 N–H and O–H groups in total. The summed E-state index contributed by atoms with van der Waals surface area (Å²) in [5.74, 6) is -2.45. The van der Waals surface area contributed by atoms with E-state index in [1.165, 1.54) is 42.2 Å². The molecule has 2 heterocycles. The average molecular weight is 569 g/mol. The number of hydrogen-bond acceptors (Lipinski definition) is 5. The summed E-state index contributed by atoms with van der Waals surface area (Å²) < 4.78 is 46.7. The van der Waals surface area contributed by atoms with Crippen LogP contribution in [0, 0.1) is 5.41 Å². The van der Waals surface area contributed by atoms with E-state index in [0.29, 0.717) is 17.8 Å². The van der Waals surface area contributed by atoms with Crippen LogP contribution in [0.4, 0.5) is 19.0 Å². The van der Waals surface area contributed by atoms with Gasteiger partial charge in [-0.3, -0.25) is 9.59 Å². The maximum Gasteiger partial charge on any atom is 0.404 e. The predicted molar refractivity (Wildman–Crippen MR) is 145 cm³/mol. The average Bonchev–Trinajstić information content (AvgIpc) is 2.87. The number of hydrogen-bond donors (Lipinski definition) is 0. The fourth-order valence-electron chi connectivity index (χ4n) is 4.89. The molecule has 1 aromatic carbocycles. The van der Waals surface area contributed by atoms with Crippen LogP contribution in [0.3, 0.4) is 0 Å². The Hall–Kier alpha value is -3.01. The standard InChI is InChI=1S/C28H36ClF3N4O3/c1-27(13-16-36(17-14-27)22-11-10-21(24(29)33-22)25(37)34(2)3)12-7-15-35(4)26(38)23(28(30,31)32)19-8-6-9-20(18-19)39-5/h6,8-11,18,23H,7,12-17H2,1-5H3. The summed E-state index contributed by atoms with van der Waals surface area (Å²) in [5, 5.41) is 0.165. The number of piperidine rings is 1. The molecule has 3 rings (SSSR count). The molecule has 7 nitrogen and oxygen atoms in total. The molecule has 0 aliphatic carbocycles. The second-order valence-corrected chi connectivity index (χ2v) is 11.0. The Morgan fingerprint density at radius 1 is 1.15 bits per heavy atom. The van der Waals surface area contributed by atoms with E-state index in [0.717, 1.165) is 32.4 Å². The van der Waals surface area contributed by atoms with E-state index in [4.69, 9.17) is 16.3 Å². The molecular weight excluding hydrogens is 533 g/mol. The third-order valence-electron chi connectivity index (χ3n) is 7.42. The normalized spacial score (nSPS) is 16.0. The summed E-state index contributed by atoms with van der Waals surface area (Å²) in [7, 11) is 6.10. The van der Waals surface area contributed by atoms with Gasteiger partial charge in [-0.2, -0.15) is 13.2 Å². The number of carbonyl (C=O) groups is 2. The van der Waals surface area contributed by atoms with Gasteiger partial charge < -0.3 is 19.4 Å². The molecule has 2 amide bonds. The van der Waals surface area contributed by atoms with Gasteiger partial charge in [-0.1, -0.05) is 30.7 Å². The van der Waals surface area contributed by atoms with Crippen molar-refractivity contribution >= 4 is 29.2 Å². The zero-order valence-corrected chi connectivity index (χ0v) is 23.8. The topological polar surface area (TPSA) is 66.0 Å². The Labute approximate surface area is 232 Å². The molecule has 0 spiro atoms. The maximum atomic E-state index is 13.9. The van der Waals surface area contributed by atoms with E-state index < -0.39 is 18.0 Å². The molecule has 0 radical (unpaired) electrons. The smallest absolute Gasteiger partial charge is 0.404 e. The van der Waals surface area contributed by atoms with Gasteiger partial charge in [0.05, 0.1) is 12.7 Å². The van der Waals surface area contributed by atoms with Crippen LogP contribution in [-0.2, 0) is 4.79 Å². The molecule has 11 heteroatoms. The number of nitrogens with zero attached hydrogens (tertiary/aromatic N) is 4. The summed E-state index contributed by atoms with van der Waals surface area (Å²) >= 11 is 6.28. The zero-order chi connectivity index (χ0) is 29.0. The van der Waals surface area contributed by atoms with Gasteiger partial charge in [0.25, 0.3) is 5.91 Å². The van der Waals surface area contributed by atoms with E-state index in [2.05, 4.69) is 16.8 Å². The number of halogens is 4. The lowest BCUT2D eigenvalue weighted by molar-refractivity contribution is -0.171. The predicted octanol–water partition coefficient (Wildman–Crippen LogP) is 5.64.